The van der Waals surface area contributed by atoms with E-state index in [1.165, 1.54) is 24.0 Å². The number of rotatable bonds is 4. The molecule has 6 heteroatoms. The largest absolute Gasteiger partial charge is 0.381 e. The summed E-state index contributed by atoms with van der Waals surface area (Å²) in [6.45, 7) is 4.74. The fourth-order valence-corrected chi connectivity index (χ4v) is 4.88. The van der Waals surface area contributed by atoms with E-state index < -0.39 is 0 Å². The van der Waals surface area contributed by atoms with Gasteiger partial charge in [-0.3, -0.25) is 4.99 Å². The second-order valence-electron chi connectivity index (χ2n) is 7.99. The normalized spacial score (nSPS) is 29.3. The van der Waals surface area contributed by atoms with Crippen molar-refractivity contribution in [3.05, 3.63) is 35.4 Å². The van der Waals surface area contributed by atoms with Crippen molar-refractivity contribution in [1.29, 1.82) is 0 Å². The number of guanidine groups is 1. The molecule has 1 aromatic carbocycles. The molecule has 150 valence electrons. The van der Waals surface area contributed by atoms with Crippen LogP contribution in [0.25, 0.3) is 0 Å². The lowest BCUT2D eigenvalue weighted by Gasteiger charge is -2.39. The molecule has 5 nitrogen and oxygen atoms in total. The van der Waals surface area contributed by atoms with Crippen LogP contribution in [0.1, 0.15) is 43.2 Å². The maximum atomic E-state index is 5.97. The van der Waals surface area contributed by atoms with Crippen LogP contribution in [0.3, 0.4) is 0 Å². The maximum absolute atomic E-state index is 5.97. The Labute approximate surface area is 179 Å². The smallest absolute Gasteiger partial charge is 0.191 e. The minimum absolute atomic E-state index is 0. The summed E-state index contributed by atoms with van der Waals surface area (Å²) in [5.74, 6) is 0.894. The minimum Gasteiger partial charge on any atom is -0.381 e. The summed E-state index contributed by atoms with van der Waals surface area (Å²) in [5.41, 5.74) is 2.90. The molecule has 27 heavy (non-hydrogen) atoms. The number of nitrogens with one attached hydrogen (secondary N) is 2. The van der Waals surface area contributed by atoms with Crippen molar-refractivity contribution in [1.82, 2.24) is 10.6 Å². The highest BCUT2D eigenvalue weighted by Gasteiger charge is 2.41. The minimum atomic E-state index is 0. The van der Waals surface area contributed by atoms with Gasteiger partial charge in [0.25, 0.3) is 0 Å². The number of benzene rings is 1. The van der Waals surface area contributed by atoms with Crippen LogP contribution in [0, 0.1) is 6.92 Å². The van der Waals surface area contributed by atoms with Crippen LogP contribution >= 0.6 is 24.0 Å². The molecule has 0 aliphatic carbocycles. The molecule has 3 heterocycles. The Morgan fingerprint density at radius 1 is 1.22 bits per heavy atom. The summed E-state index contributed by atoms with van der Waals surface area (Å²) < 4.78 is 11.6. The van der Waals surface area contributed by atoms with Crippen LogP contribution in [-0.4, -0.2) is 51.0 Å². The Balaban J connectivity index is 0.00000210. The molecular weight excluding hydrogens is 453 g/mol. The number of fused-ring (bicyclic) bond motifs is 2. The summed E-state index contributed by atoms with van der Waals surface area (Å²) >= 11 is 0. The summed E-state index contributed by atoms with van der Waals surface area (Å²) in [4.78, 5) is 4.47. The van der Waals surface area contributed by atoms with Gasteiger partial charge in [-0.25, -0.2) is 0 Å². The number of hydrogen-bond donors (Lipinski definition) is 2. The molecule has 0 amide bonds. The van der Waals surface area contributed by atoms with Crippen molar-refractivity contribution in [2.45, 2.75) is 62.7 Å². The predicted octanol–water partition coefficient (Wildman–Crippen LogP) is 3.15. The number of halogens is 1. The molecule has 2 bridgehead atoms. The lowest BCUT2D eigenvalue weighted by molar-refractivity contribution is 0.0511. The van der Waals surface area contributed by atoms with Gasteiger partial charge in [-0.05, 0) is 50.2 Å². The summed E-state index contributed by atoms with van der Waals surface area (Å²) in [7, 11) is 1.85. The topological polar surface area (TPSA) is 54.9 Å². The Kier molecular flexibility index (Phi) is 7.03. The van der Waals surface area contributed by atoms with Crippen molar-refractivity contribution in [3.8, 4) is 0 Å². The van der Waals surface area contributed by atoms with E-state index in [1.54, 1.807) is 0 Å². The third-order valence-electron chi connectivity index (χ3n) is 6.41. The van der Waals surface area contributed by atoms with Gasteiger partial charge in [-0.15, -0.1) is 24.0 Å². The van der Waals surface area contributed by atoms with Gasteiger partial charge >= 0.3 is 0 Å². The molecule has 0 saturated carbocycles. The molecule has 3 fully saturated rings. The molecule has 0 spiro atoms. The second-order valence-corrected chi connectivity index (χ2v) is 7.99. The summed E-state index contributed by atoms with van der Waals surface area (Å²) in [6, 6.07) is 9.16. The first-order valence-corrected chi connectivity index (χ1v) is 9.97. The number of aliphatic imine (C=N–C) groups is 1. The van der Waals surface area contributed by atoms with Crippen LogP contribution < -0.4 is 10.6 Å². The first-order valence-electron chi connectivity index (χ1n) is 9.97. The number of hydrogen-bond acceptors (Lipinski definition) is 3. The van der Waals surface area contributed by atoms with Crippen molar-refractivity contribution in [2.24, 2.45) is 4.99 Å². The maximum Gasteiger partial charge on any atom is 0.191 e. The van der Waals surface area contributed by atoms with Gasteiger partial charge < -0.3 is 20.1 Å². The highest BCUT2D eigenvalue weighted by Crippen LogP contribution is 2.36. The molecule has 0 radical (unpaired) electrons. The van der Waals surface area contributed by atoms with Gasteiger partial charge in [-0.1, -0.05) is 24.3 Å². The fourth-order valence-electron chi connectivity index (χ4n) is 4.88. The van der Waals surface area contributed by atoms with Crippen LogP contribution in [-0.2, 0) is 14.9 Å². The van der Waals surface area contributed by atoms with Gasteiger partial charge in [0.05, 0.1) is 18.2 Å². The second kappa shape index (κ2) is 9.09. The molecule has 3 aliphatic rings. The van der Waals surface area contributed by atoms with Crippen molar-refractivity contribution in [3.63, 3.8) is 0 Å². The molecule has 2 N–H and O–H groups in total. The van der Waals surface area contributed by atoms with Crippen molar-refractivity contribution >= 4 is 29.9 Å². The van der Waals surface area contributed by atoms with Crippen molar-refractivity contribution in [2.75, 3.05) is 26.8 Å². The predicted molar refractivity (Wildman–Crippen MR) is 119 cm³/mol. The van der Waals surface area contributed by atoms with Gasteiger partial charge in [0.2, 0.25) is 0 Å². The lowest BCUT2D eigenvalue weighted by atomic mass is 9.72. The molecule has 4 rings (SSSR count). The summed E-state index contributed by atoms with van der Waals surface area (Å²) in [5, 5.41) is 7.22. The Morgan fingerprint density at radius 2 is 2.00 bits per heavy atom. The van der Waals surface area contributed by atoms with Gasteiger partial charge in [-0.2, -0.15) is 0 Å². The third-order valence-corrected chi connectivity index (χ3v) is 6.41. The van der Waals surface area contributed by atoms with Crippen LogP contribution in [0.15, 0.2) is 29.3 Å². The zero-order chi connectivity index (χ0) is 18.0. The van der Waals surface area contributed by atoms with Gasteiger partial charge in [0.1, 0.15) is 0 Å². The SMILES string of the molecule is CN=C(NCC1(c2ccccc2C)CCOCC1)NC1CC2CCC1O2.I. The third kappa shape index (κ3) is 4.43. The zero-order valence-corrected chi connectivity index (χ0v) is 18.7. The first-order chi connectivity index (χ1) is 12.7. The number of nitrogens with zero attached hydrogens (tertiary/aromatic N) is 1. The van der Waals surface area contributed by atoms with Crippen molar-refractivity contribution < 1.29 is 9.47 Å². The van der Waals surface area contributed by atoms with E-state index in [4.69, 9.17) is 9.47 Å². The summed E-state index contributed by atoms with van der Waals surface area (Å²) in [6.07, 6.45) is 6.37. The standard InChI is InChI=1S/C21H31N3O2.HI/c1-15-5-3-4-6-17(15)21(9-11-25-12-10-21)14-23-20(22-2)24-18-13-16-7-8-19(18)26-16;/h3-6,16,18-19H,7-14H2,1-2H3,(H2,22,23,24);1H. The first kappa shape index (κ1) is 20.9. The van der Waals surface area contributed by atoms with Gasteiger partial charge in [0, 0.05) is 32.2 Å². The highest BCUT2D eigenvalue weighted by molar-refractivity contribution is 14.0. The highest BCUT2D eigenvalue weighted by atomic mass is 127. The van der Waals surface area contributed by atoms with Crippen LogP contribution in [0.2, 0.25) is 0 Å². The lowest BCUT2D eigenvalue weighted by Crippen LogP contribution is -2.52. The number of aryl methyl sites for hydroxylation is 1. The van der Waals surface area contributed by atoms with E-state index in [0.717, 1.165) is 45.0 Å². The Morgan fingerprint density at radius 3 is 2.63 bits per heavy atom. The van der Waals surface area contributed by atoms with Gasteiger partial charge in [0.15, 0.2) is 5.96 Å². The monoisotopic (exact) mass is 485 g/mol. The van der Waals surface area contributed by atoms with E-state index in [9.17, 15) is 0 Å². The average Bonchev–Trinajstić information content (AvgIpc) is 3.29. The zero-order valence-electron chi connectivity index (χ0n) is 16.4. The fraction of sp³-hybridized carbons (Fsp3) is 0.667. The Bertz CT molecular complexity index is 661. The quantitative estimate of drug-likeness (QED) is 0.391. The van der Waals surface area contributed by atoms with Crippen LogP contribution in [0.5, 0.6) is 0 Å². The molecule has 3 aliphatic heterocycles. The average molecular weight is 485 g/mol. The molecular formula is C21H32IN3O2. The number of ether oxygens (including phenoxy) is 2. The molecule has 1 aromatic rings. The van der Waals surface area contributed by atoms with E-state index in [1.807, 2.05) is 7.05 Å². The van der Waals surface area contributed by atoms with Crippen LogP contribution in [0.4, 0.5) is 0 Å². The van der Waals surface area contributed by atoms with E-state index >= 15 is 0 Å². The molecule has 3 unspecified atom stereocenters. The molecule has 0 aromatic heterocycles. The van der Waals surface area contributed by atoms with E-state index in [2.05, 4.69) is 46.8 Å². The van der Waals surface area contributed by atoms with E-state index in [0.29, 0.717) is 18.2 Å². The van der Waals surface area contributed by atoms with E-state index in [-0.39, 0.29) is 29.4 Å². The Hall–Kier alpha value is -0.860. The molecule has 3 atom stereocenters. The molecule has 3 saturated heterocycles.